The third kappa shape index (κ3) is 4.11. The Kier molecular flexibility index (Phi) is 5.92. The Labute approximate surface area is 141 Å². The predicted octanol–water partition coefficient (Wildman–Crippen LogP) is 1.72. The number of nitrogens with zero attached hydrogens (tertiary/aromatic N) is 4. The maximum atomic E-state index is 13.0. The number of aliphatic carboxylic acids is 1. The van der Waals surface area contributed by atoms with E-state index >= 15 is 0 Å². The van der Waals surface area contributed by atoms with Gasteiger partial charge in [-0.2, -0.15) is 0 Å². The molecule has 0 saturated carbocycles. The van der Waals surface area contributed by atoms with Crippen LogP contribution in [0.2, 0.25) is 0 Å². The zero-order valence-corrected chi connectivity index (χ0v) is 14.4. The largest absolute Gasteiger partial charge is 0.481 e. The van der Waals surface area contributed by atoms with E-state index in [0.717, 1.165) is 12.1 Å². The fourth-order valence-electron chi connectivity index (χ4n) is 2.63. The highest BCUT2D eigenvalue weighted by molar-refractivity contribution is 5.94. The molecular formula is C17H24N4O3. The summed E-state index contributed by atoms with van der Waals surface area (Å²) in [6.07, 6.45) is 2.59. The van der Waals surface area contributed by atoms with Gasteiger partial charge in [-0.15, -0.1) is 0 Å². The summed E-state index contributed by atoms with van der Waals surface area (Å²) in [7, 11) is 3.87. The molecule has 0 unspecified atom stereocenters. The average Bonchev–Trinajstić information content (AvgIpc) is 2.89. The van der Waals surface area contributed by atoms with Gasteiger partial charge in [0.1, 0.15) is 5.65 Å². The smallest absolute Gasteiger partial charge is 0.305 e. The molecule has 0 aliphatic heterocycles. The van der Waals surface area contributed by atoms with Crippen LogP contribution in [-0.4, -0.2) is 63.4 Å². The second-order valence-electron chi connectivity index (χ2n) is 6.01. The van der Waals surface area contributed by atoms with E-state index in [2.05, 4.69) is 4.98 Å². The molecule has 24 heavy (non-hydrogen) atoms. The molecule has 1 amide bonds. The molecule has 2 rings (SSSR count). The number of carboxylic acids is 1. The summed E-state index contributed by atoms with van der Waals surface area (Å²) in [5.41, 5.74) is 1.93. The molecule has 0 aliphatic carbocycles. The fraction of sp³-hybridized carbons (Fsp3) is 0.471. The van der Waals surface area contributed by atoms with Crippen LogP contribution >= 0.6 is 0 Å². The van der Waals surface area contributed by atoms with Crippen LogP contribution in [-0.2, 0) is 11.3 Å². The minimum atomic E-state index is -0.910. The third-order valence-corrected chi connectivity index (χ3v) is 3.67. The number of rotatable bonds is 8. The topological polar surface area (TPSA) is 78.1 Å². The van der Waals surface area contributed by atoms with E-state index in [9.17, 15) is 9.59 Å². The Morgan fingerprint density at radius 1 is 1.25 bits per heavy atom. The summed E-state index contributed by atoms with van der Waals surface area (Å²) in [4.78, 5) is 31.9. The lowest BCUT2D eigenvalue weighted by atomic mass is 10.2. The molecule has 2 heterocycles. The molecule has 0 saturated heterocycles. The van der Waals surface area contributed by atoms with Crippen LogP contribution < -0.4 is 0 Å². The molecule has 0 spiro atoms. The SMILES string of the molecule is CCCN(CCC(=O)O)C(=O)c1nc2ccccn2c1CN(C)C. The van der Waals surface area contributed by atoms with Crippen LogP contribution in [0.15, 0.2) is 24.4 Å². The van der Waals surface area contributed by atoms with Gasteiger partial charge in [-0.05, 0) is 32.6 Å². The number of aromatic nitrogens is 2. The standard InChI is InChI=1S/C17H24N4O3/c1-4-9-20(11-8-15(22)23)17(24)16-13(12-19(2)3)21-10-6-5-7-14(21)18-16/h5-7,10H,4,8-9,11-12H2,1-3H3,(H,22,23). The first-order valence-corrected chi connectivity index (χ1v) is 8.05. The van der Waals surface area contributed by atoms with Gasteiger partial charge in [-0.3, -0.25) is 9.59 Å². The summed E-state index contributed by atoms with van der Waals surface area (Å²) in [6, 6.07) is 5.64. The van der Waals surface area contributed by atoms with Gasteiger partial charge in [0.05, 0.1) is 12.1 Å². The third-order valence-electron chi connectivity index (χ3n) is 3.67. The summed E-state index contributed by atoms with van der Waals surface area (Å²) in [5.74, 6) is -1.12. The molecule has 0 radical (unpaired) electrons. The quantitative estimate of drug-likeness (QED) is 0.796. The maximum Gasteiger partial charge on any atom is 0.305 e. The van der Waals surface area contributed by atoms with Gasteiger partial charge in [-0.25, -0.2) is 4.98 Å². The Hall–Kier alpha value is -2.41. The zero-order valence-electron chi connectivity index (χ0n) is 14.4. The van der Waals surface area contributed by atoms with Gasteiger partial charge in [0.25, 0.3) is 5.91 Å². The first-order chi connectivity index (χ1) is 11.4. The number of fused-ring (bicyclic) bond motifs is 1. The Morgan fingerprint density at radius 3 is 2.62 bits per heavy atom. The summed E-state index contributed by atoms with van der Waals surface area (Å²) >= 11 is 0. The van der Waals surface area contributed by atoms with Gasteiger partial charge in [0.15, 0.2) is 5.69 Å². The van der Waals surface area contributed by atoms with Crippen molar-refractivity contribution in [3.8, 4) is 0 Å². The highest BCUT2D eigenvalue weighted by Crippen LogP contribution is 2.17. The Balaban J connectivity index is 2.40. The van der Waals surface area contributed by atoms with Gasteiger partial charge >= 0.3 is 5.97 Å². The monoisotopic (exact) mass is 332 g/mol. The van der Waals surface area contributed by atoms with E-state index in [1.165, 1.54) is 0 Å². The normalized spacial score (nSPS) is 11.2. The number of pyridine rings is 1. The number of hydrogen-bond acceptors (Lipinski definition) is 4. The number of amides is 1. The number of imidazole rings is 1. The van der Waals surface area contributed by atoms with Crippen molar-refractivity contribution in [3.05, 3.63) is 35.8 Å². The molecule has 2 aromatic heterocycles. The van der Waals surface area contributed by atoms with Crippen LogP contribution in [0.4, 0.5) is 0 Å². The van der Waals surface area contributed by atoms with E-state index in [-0.39, 0.29) is 18.9 Å². The molecule has 0 atom stereocenters. The lowest BCUT2D eigenvalue weighted by molar-refractivity contribution is -0.137. The number of carboxylic acid groups (broad SMARTS) is 1. The van der Waals surface area contributed by atoms with Crippen LogP contribution in [0.1, 0.15) is 35.9 Å². The number of carbonyl (C=O) groups is 2. The van der Waals surface area contributed by atoms with Crippen LogP contribution in [0, 0.1) is 0 Å². The lowest BCUT2D eigenvalue weighted by Gasteiger charge is -2.21. The molecule has 130 valence electrons. The number of hydrogen-bond donors (Lipinski definition) is 1. The Morgan fingerprint density at radius 2 is 2.00 bits per heavy atom. The molecular weight excluding hydrogens is 308 g/mol. The first-order valence-electron chi connectivity index (χ1n) is 8.05. The van der Waals surface area contributed by atoms with Gasteiger partial charge < -0.3 is 19.3 Å². The van der Waals surface area contributed by atoms with E-state index in [1.54, 1.807) is 4.90 Å². The molecule has 0 aromatic carbocycles. The first kappa shape index (κ1) is 17.9. The molecule has 0 bridgehead atoms. The maximum absolute atomic E-state index is 13.0. The number of carbonyl (C=O) groups excluding carboxylic acids is 1. The summed E-state index contributed by atoms with van der Waals surface area (Å²) < 4.78 is 1.91. The van der Waals surface area contributed by atoms with Crippen LogP contribution in [0.3, 0.4) is 0 Å². The van der Waals surface area contributed by atoms with Gasteiger partial charge in [0, 0.05) is 25.8 Å². The lowest BCUT2D eigenvalue weighted by Crippen LogP contribution is -2.35. The van der Waals surface area contributed by atoms with Crippen molar-refractivity contribution in [1.82, 2.24) is 19.2 Å². The van der Waals surface area contributed by atoms with E-state index in [4.69, 9.17) is 5.11 Å². The van der Waals surface area contributed by atoms with Crippen molar-refractivity contribution in [2.24, 2.45) is 0 Å². The van der Waals surface area contributed by atoms with Gasteiger partial charge in [-0.1, -0.05) is 13.0 Å². The van der Waals surface area contributed by atoms with Gasteiger partial charge in [0.2, 0.25) is 0 Å². The molecule has 0 aliphatic rings. The second kappa shape index (κ2) is 7.92. The van der Waals surface area contributed by atoms with Crippen molar-refractivity contribution < 1.29 is 14.7 Å². The van der Waals surface area contributed by atoms with Crippen LogP contribution in [0.5, 0.6) is 0 Å². The van der Waals surface area contributed by atoms with Crippen molar-refractivity contribution in [2.45, 2.75) is 26.3 Å². The predicted molar refractivity (Wildman–Crippen MR) is 91.0 cm³/mol. The minimum Gasteiger partial charge on any atom is -0.481 e. The van der Waals surface area contributed by atoms with Crippen molar-refractivity contribution in [2.75, 3.05) is 27.2 Å². The fourth-order valence-corrected chi connectivity index (χ4v) is 2.63. The Bertz CT molecular complexity index is 724. The minimum absolute atomic E-state index is 0.0673. The van der Waals surface area contributed by atoms with E-state index < -0.39 is 5.97 Å². The zero-order chi connectivity index (χ0) is 17.7. The molecule has 0 fully saturated rings. The van der Waals surface area contributed by atoms with E-state index in [1.807, 2.05) is 54.7 Å². The highest BCUT2D eigenvalue weighted by atomic mass is 16.4. The highest BCUT2D eigenvalue weighted by Gasteiger charge is 2.24. The van der Waals surface area contributed by atoms with E-state index in [0.29, 0.717) is 24.4 Å². The molecule has 1 N–H and O–H groups in total. The van der Waals surface area contributed by atoms with Crippen LogP contribution in [0.25, 0.3) is 5.65 Å². The average molecular weight is 332 g/mol. The molecule has 7 heteroatoms. The summed E-state index contributed by atoms with van der Waals surface area (Å²) in [6.45, 7) is 3.25. The second-order valence-corrected chi connectivity index (χ2v) is 6.01. The molecule has 7 nitrogen and oxygen atoms in total. The van der Waals surface area contributed by atoms with Crippen molar-refractivity contribution in [1.29, 1.82) is 0 Å². The van der Waals surface area contributed by atoms with Crippen molar-refractivity contribution in [3.63, 3.8) is 0 Å². The molecule has 2 aromatic rings. The summed E-state index contributed by atoms with van der Waals surface area (Å²) in [5, 5.41) is 8.91. The van der Waals surface area contributed by atoms with Crippen molar-refractivity contribution >= 4 is 17.5 Å².